The zero-order valence-electron chi connectivity index (χ0n) is 21.8. The van der Waals surface area contributed by atoms with Crippen LogP contribution in [-0.4, -0.2) is 57.8 Å². The molecule has 0 amide bonds. The molecule has 8 heteroatoms. The molecular weight excluding hydrogens is 502 g/mol. The standard InChI is InChI=1S/C30H31N3O4.ClH/c1-4-37-25-13-14-28-26(19-25)29(27(20-31-28)30(34)21-5-9-23(35-2)10-6-21)33-17-15-32(16-18-33)22-7-11-24(36-3)12-8-22;/h5-14,19-20H,4,15-18H2,1-3H3;1H. The first-order valence-electron chi connectivity index (χ1n) is 12.5. The van der Waals surface area contributed by atoms with Crippen LogP contribution in [0.1, 0.15) is 22.8 Å². The van der Waals surface area contributed by atoms with Crippen molar-refractivity contribution >= 4 is 40.5 Å². The summed E-state index contributed by atoms with van der Waals surface area (Å²) in [6.07, 6.45) is 1.71. The Labute approximate surface area is 229 Å². The minimum absolute atomic E-state index is 0. The number of piperazine rings is 1. The molecule has 0 unspecified atom stereocenters. The predicted molar refractivity (Wildman–Crippen MR) is 154 cm³/mol. The third kappa shape index (κ3) is 5.48. The molecule has 0 radical (unpaired) electrons. The van der Waals surface area contributed by atoms with Crippen molar-refractivity contribution in [1.29, 1.82) is 0 Å². The number of benzene rings is 3. The monoisotopic (exact) mass is 533 g/mol. The van der Waals surface area contributed by atoms with Crippen LogP contribution in [0, 0.1) is 0 Å². The number of rotatable bonds is 8. The fourth-order valence-corrected chi connectivity index (χ4v) is 4.80. The SMILES string of the molecule is CCOc1ccc2ncc(C(=O)c3ccc(OC)cc3)c(N3CCN(c4ccc(OC)cc4)CC3)c2c1.Cl. The molecule has 0 bridgehead atoms. The number of fused-ring (bicyclic) bond motifs is 1. The van der Waals surface area contributed by atoms with Crippen LogP contribution in [0.25, 0.3) is 10.9 Å². The number of hydrogen-bond donors (Lipinski definition) is 0. The second kappa shape index (κ2) is 12.0. The number of pyridine rings is 1. The van der Waals surface area contributed by atoms with E-state index >= 15 is 0 Å². The van der Waals surface area contributed by atoms with Crippen LogP contribution < -0.4 is 24.0 Å². The number of nitrogens with zero attached hydrogens (tertiary/aromatic N) is 3. The third-order valence-corrected chi connectivity index (χ3v) is 6.75. The van der Waals surface area contributed by atoms with Crippen molar-refractivity contribution in [3.8, 4) is 17.2 Å². The number of halogens is 1. The topological polar surface area (TPSA) is 64.1 Å². The molecule has 5 rings (SSSR count). The molecule has 2 heterocycles. The van der Waals surface area contributed by atoms with Gasteiger partial charge in [-0.15, -0.1) is 12.4 Å². The lowest BCUT2D eigenvalue weighted by atomic mass is 9.99. The Kier molecular flexibility index (Phi) is 8.59. The third-order valence-electron chi connectivity index (χ3n) is 6.75. The van der Waals surface area contributed by atoms with Crippen molar-refractivity contribution in [3.63, 3.8) is 0 Å². The molecule has 3 aromatic carbocycles. The van der Waals surface area contributed by atoms with E-state index in [2.05, 4.69) is 26.9 Å². The van der Waals surface area contributed by atoms with E-state index in [-0.39, 0.29) is 18.2 Å². The number of anilines is 2. The Morgan fingerprint density at radius 2 is 1.39 bits per heavy atom. The van der Waals surface area contributed by atoms with Crippen LogP contribution >= 0.6 is 12.4 Å². The maximum Gasteiger partial charge on any atom is 0.196 e. The van der Waals surface area contributed by atoms with Gasteiger partial charge in [-0.05, 0) is 73.7 Å². The number of hydrogen-bond acceptors (Lipinski definition) is 7. The van der Waals surface area contributed by atoms with Crippen LogP contribution in [-0.2, 0) is 0 Å². The van der Waals surface area contributed by atoms with E-state index in [0.29, 0.717) is 23.5 Å². The summed E-state index contributed by atoms with van der Waals surface area (Å²) in [6, 6.07) is 21.2. The minimum atomic E-state index is -0.0635. The summed E-state index contributed by atoms with van der Waals surface area (Å²) in [7, 11) is 3.29. The van der Waals surface area contributed by atoms with Crippen LogP contribution in [0.15, 0.2) is 72.9 Å². The number of methoxy groups -OCH3 is 2. The Morgan fingerprint density at radius 1 is 0.816 bits per heavy atom. The normalized spacial score (nSPS) is 13.1. The summed E-state index contributed by atoms with van der Waals surface area (Å²) in [4.78, 5) is 23.1. The molecule has 0 atom stereocenters. The zero-order valence-corrected chi connectivity index (χ0v) is 22.7. The molecule has 0 aliphatic carbocycles. The summed E-state index contributed by atoms with van der Waals surface area (Å²) >= 11 is 0. The number of ether oxygens (including phenoxy) is 3. The van der Waals surface area contributed by atoms with Gasteiger partial charge in [-0.2, -0.15) is 0 Å². The van der Waals surface area contributed by atoms with Gasteiger partial charge in [-0.25, -0.2) is 0 Å². The first-order valence-corrected chi connectivity index (χ1v) is 12.5. The average Bonchev–Trinajstić information content (AvgIpc) is 2.96. The second-order valence-corrected chi connectivity index (χ2v) is 8.86. The molecule has 1 aromatic heterocycles. The van der Waals surface area contributed by atoms with Crippen LogP contribution in [0.5, 0.6) is 17.2 Å². The van der Waals surface area contributed by atoms with Gasteiger partial charge >= 0.3 is 0 Å². The minimum Gasteiger partial charge on any atom is -0.497 e. The first-order chi connectivity index (χ1) is 18.1. The first kappa shape index (κ1) is 27.1. The Morgan fingerprint density at radius 3 is 2.00 bits per heavy atom. The van der Waals surface area contributed by atoms with Crippen LogP contribution in [0.3, 0.4) is 0 Å². The largest absolute Gasteiger partial charge is 0.497 e. The number of aromatic nitrogens is 1. The van der Waals surface area contributed by atoms with E-state index in [1.807, 2.05) is 49.4 Å². The van der Waals surface area contributed by atoms with Crippen molar-refractivity contribution in [1.82, 2.24) is 4.98 Å². The summed E-state index contributed by atoms with van der Waals surface area (Å²) in [5, 5.41) is 0.920. The molecule has 1 saturated heterocycles. The molecule has 38 heavy (non-hydrogen) atoms. The summed E-state index contributed by atoms with van der Waals surface area (Å²) in [6.45, 7) is 5.74. The molecule has 4 aromatic rings. The molecule has 198 valence electrons. The van der Waals surface area contributed by atoms with Crippen molar-refractivity contribution in [3.05, 3.63) is 84.1 Å². The summed E-state index contributed by atoms with van der Waals surface area (Å²) < 4.78 is 16.4. The Hall–Kier alpha value is -3.97. The molecule has 0 N–H and O–H groups in total. The van der Waals surface area contributed by atoms with Gasteiger partial charge in [0.2, 0.25) is 0 Å². The average molecular weight is 534 g/mol. The molecule has 1 aliphatic heterocycles. The lowest BCUT2D eigenvalue weighted by Gasteiger charge is -2.38. The zero-order chi connectivity index (χ0) is 25.8. The smallest absolute Gasteiger partial charge is 0.196 e. The Balaban J connectivity index is 0.00000336. The highest BCUT2D eigenvalue weighted by Crippen LogP contribution is 2.35. The highest BCUT2D eigenvalue weighted by molar-refractivity contribution is 6.16. The van der Waals surface area contributed by atoms with Gasteiger partial charge in [0.05, 0.1) is 37.6 Å². The molecule has 0 saturated carbocycles. The van der Waals surface area contributed by atoms with Gasteiger partial charge in [-0.3, -0.25) is 9.78 Å². The predicted octanol–water partition coefficient (Wildman–Crippen LogP) is 5.63. The molecule has 0 spiro atoms. The molecule has 7 nitrogen and oxygen atoms in total. The van der Waals surface area contributed by atoms with Gasteiger partial charge in [0.15, 0.2) is 5.78 Å². The molecular formula is C30H32ClN3O4. The van der Waals surface area contributed by atoms with Crippen molar-refractivity contribution in [2.45, 2.75) is 6.92 Å². The van der Waals surface area contributed by atoms with Crippen molar-refractivity contribution < 1.29 is 19.0 Å². The van der Waals surface area contributed by atoms with Gasteiger partial charge in [0.25, 0.3) is 0 Å². The Bertz CT molecular complexity index is 1390. The maximum absolute atomic E-state index is 13.7. The fraction of sp³-hybridized carbons (Fsp3) is 0.267. The number of carbonyl (C=O) groups is 1. The van der Waals surface area contributed by atoms with E-state index in [4.69, 9.17) is 14.2 Å². The van der Waals surface area contributed by atoms with Crippen molar-refractivity contribution in [2.24, 2.45) is 0 Å². The van der Waals surface area contributed by atoms with Gasteiger partial charge < -0.3 is 24.0 Å². The van der Waals surface area contributed by atoms with E-state index in [1.165, 1.54) is 0 Å². The van der Waals surface area contributed by atoms with Gasteiger partial charge in [0.1, 0.15) is 17.2 Å². The lowest BCUT2D eigenvalue weighted by molar-refractivity contribution is 0.103. The van der Waals surface area contributed by atoms with E-state index in [1.54, 1.807) is 32.5 Å². The fourth-order valence-electron chi connectivity index (χ4n) is 4.80. The van der Waals surface area contributed by atoms with Gasteiger partial charge in [0, 0.05) is 49.0 Å². The summed E-state index contributed by atoms with van der Waals surface area (Å²) in [5.41, 5.74) is 4.09. The highest BCUT2D eigenvalue weighted by Gasteiger charge is 2.25. The second-order valence-electron chi connectivity index (χ2n) is 8.86. The van der Waals surface area contributed by atoms with E-state index in [0.717, 1.165) is 60.0 Å². The quantitative estimate of drug-likeness (QED) is 0.272. The van der Waals surface area contributed by atoms with Crippen LogP contribution in [0.4, 0.5) is 11.4 Å². The number of ketones is 1. The molecule has 1 aliphatic rings. The number of carbonyl (C=O) groups excluding carboxylic acids is 1. The van der Waals surface area contributed by atoms with Crippen molar-refractivity contribution in [2.75, 3.05) is 56.8 Å². The molecule has 1 fully saturated rings. The maximum atomic E-state index is 13.7. The lowest BCUT2D eigenvalue weighted by Crippen LogP contribution is -2.47. The van der Waals surface area contributed by atoms with E-state index in [9.17, 15) is 4.79 Å². The van der Waals surface area contributed by atoms with Crippen LogP contribution in [0.2, 0.25) is 0 Å². The highest BCUT2D eigenvalue weighted by atomic mass is 35.5. The summed E-state index contributed by atoms with van der Waals surface area (Å²) in [5.74, 6) is 2.26. The van der Waals surface area contributed by atoms with E-state index < -0.39 is 0 Å². The van der Waals surface area contributed by atoms with Gasteiger partial charge in [-0.1, -0.05) is 0 Å².